The van der Waals surface area contributed by atoms with Crippen molar-refractivity contribution < 1.29 is 16.7 Å². The van der Waals surface area contributed by atoms with Crippen LogP contribution >= 0.6 is 0 Å². The van der Waals surface area contributed by atoms with Crippen LogP contribution in [0.3, 0.4) is 0 Å². The van der Waals surface area contributed by atoms with E-state index < -0.39 is 16.5 Å². The SMILES string of the molecule is O=S(=O)(F)N1CCCC1c1ncc(-c2ccc(F)cc2)[nH]1. The summed E-state index contributed by atoms with van der Waals surface area (Å²) in [6.07, 6.45) is 2.63. The third-order valence-corrected chi connectivity index (χ3v) is 4.55. The van der Waals surface area contributed by atoms with Crippen LogP contribution in [0.5, 0.6) is 0 Å². The Kier molecular flexibility index (Phi) is 3.50. The Bertz CT molecular complexity index is 743. The van der Waals surface area contributed by atoms with E-state index in [1.54, 1.807) is 12.1 Å². The highest BCUT2D eigenvalue weighted by Gasteiger charge is 2.36. The van der Waals surface area contributed by atoms with Crippen molar-refractivity contribution in [1.29, 1.82) is 0 Å². The zero-order valence-electron chi connectivity index (χ0n) is 11.0. The molecule has 5 nitrogen and oxygen atoms in total. The Labute approximate surface area is 121 Å². The lowest BCUT2D eigenvalue weighted by Crippen LogP contribution is -2.27. The predicted octanol–water partition coefficient (Wildman–Crippen LogP) is 2.57. The molecule has 1 aromatic heterocycles. The van der Waals surface area contributed by atoms with Gasteiger partial charge in [0.1, 0.15) is 11.6 Å². The number of halogens is 2. The quantitative estimate of drug-likeness (QED) is 0.886. The van der Waals surface area contributed by atoms with Crippen LogP contribution < -0.4 is 0 Å². The van der Waals surface area contributed by atoms with Gasteiger partial charge in [-0.05, 0) is 42.7 Å². The van der Waals surface area contributed by atoms with Crippen LogP contribution in [0.4, 0.5) is 8.28 Å². The molecule has 1 fully saturated rings. The third kappa shape index (κ3) is 2.81. The molecule has 2 aromatic rings. The summed E-state index contributed by atoms with van der Waals surface area (Å²) < 4.78 is 49.1. The molecule has 1 aromatic carbocycles. The molecule has 112 valence electrons. The monoisotopic (exact) mass is 313 g/mol. The van der Waals surface area contributed by atoms with E-state index in [9.17, 15) is 16.7 Å². The number of rotatable bonds is 3. The van der Waals surface area contributed by atoms with E-state index in [0.717, 1.165) is 9.87 Å². The second kappa shape index (κ2) is 5.19. The maximum atomic E-state index is 13.2. The van der Waals surface area contributed by atoms with E-state index in [1.807, 2.05) is 0 Å². The average molecular weight is 313 g/mol. The van der Waals surface area contributed by atoms with E-state index >= 15 is 0 Å². The van der Waals surface area contributed by atoms with Gasteiger partial charge in [0, 0.05) is 6.54 Å². The number of imidazole rings is 1. The molecule has 1 saturated heterocycles. The summed E-state index contributed by atoms with van der Waals surface area (Å²) in [4.78, 5) is 7.13. The molecule has 0 radical (unpaired) electrons. The summed E-state index contributed by atoms with van der Waals surface area (Å²) >= 11 is 0. The van der Waals surface area contributed by atoms with Gasteiger partial charge in [0.15, 0.2) is 0 Å². The second-order valence-electron chi connectivity index (χ2n) is 4.90. The molecule has 2 heterocycles. The lowest BCUT2D eigenvalue weighted by Gasteiger charge is -2.17. The lowest BCUT2D eigenvalue weighted by molar-refractivity contribution is 0.361. The fourth-order valence-electron chi connectivity index (χ4n) is 2.56. The number of H-pyrrole nitrogens is 1. The van der Waals surface area contributed by atoms with Gasteiger partial charge >= 0.3 is 10.4 Å². The van der Waals surface area contributed by atoms with Crippen molar-refractivity contribution >= 4 is 10.4 Å². The minimum atomic E-state index is -4.74. The van der Waals surface area contributed by atoms with Gasteiger partial charge in [0.25, 0.3) is 0 Å². The second-order valence-corrected chi connectivity index (χ2v) is 6.19. The number of aromatic nitrogens is 2. The minimum Gasteiger partial charge on any atom is -0.341 e. The number of benzene rings is 1. The van der Waals surface area contributed by atoms with Gasteiger partial charge in [0.05, 0.1) is 17.9 Å². The minimum absolute atomic E-state index is 0.149. The van der Waals surface area contributed by atoms with Crippen LogP contribution in [-0.4, -0.2) is 29.2 Å². The number of hydrogen-bond acceptors (Lipinski definition) is 3. The highest BCUT2D eigenvalue weighted by molar-refractivity contribution is 7.84. The van der Waals surface area contributed by atoms with E-state index in [0.29, 0.717) is 24.4 Å². The molecule has 1 aliphatic rings. The van der Waals surface area contributed by atoms with Crippen molar-refractivity contribution in [2.75, 3.05) is 6.54 Å². The fraction of sp³-hybridized carbons (Fsp3) is 0.308. The molecule has 0 amide bonds. The van der Waals surface area contributed by atoms with Crippen molar-refractivity contribution in [3.8, 4) is 11.3 Å². The summed E-state index contributed by atoms with van der Waals surface area (Å²) in [5.74, 6) is 0.0528. The van der Waals surface area contributed by atoms with Crippen LogP contribution in [-0.2, 0) is 10.4 Å². The zero-order valence-corrected chi connectivity index (χ0v) is 11.8. The number of nitrogens with one attached hydrogen (secondary N) is 1. The summed E-state index contributed by atoms with van der Waals surface area (Å²) in [6.45, 7) is 0.149. The first-order chi connectivity index (χ1) is 9.95. The van der Waals surface area contributed by atoms with Gasteiger partial charge in [-0.3, -0.25) is 0 Å². The summed E-state index contributed by atoms with van der Waals surface area (Å²) in [5.41, 5.74) is 1.36. The molecule has 3 rings (SSSR count). The standard InChI is InChI=1S/C13H13F2N3O2S/c14-10-5-3-9(4-6-10)11-8-16-13(17-11)12-2-1-7-18(12)21(15,19)20/h3-6,8,12H,1-2,7H2,(H,16,17). The van der Waals surface area contributed by atoms with Gasteiger partial charge in [-0.25, -0.2) is 9.37 Å². The topological polar surface area (TPSA) is 66.1 Å². The number of hydrogen-bond donors (Lipinski definition) is 1. The van der Waals surface area contributed by atoms with Gasteiger partial charge in [0.2, 0.25) is 0 Å². The zero-order chi connectivity index (χ0) is 15.0. The Hall–Kier alpha value is -1.80. The summed E-state index contributed by atoms with van der Waals surface area (Å²) in [5, 5.41) is 0. The Morgan fingerprint density at radius 3 is 2.67 bits per heavy atom. The molecule has 0 spiro atoms. The first-order valence-electron chi connectivity index (χ1n) is 6.47. The maximum absolute atomic E-state index is 13.2. The first-order valence-corrected chi connectivity index (χ1v) is 7.81. The van der Waals surface area contributed by atoms with Crippen LogP contribution in [0.2, 0.25) is 0 Å². The Morgan fingerprint density at radius 2 is 2.00 bits per heavy atom. The van der Waals surface area contributed by atoms with E-state index in [4.69, 9.17) is 0 Å². The molecule has 8 heteroatoms. The van der Waals surface area contributed by atoms with Crippen LogP contribution in [0.25, 0.3) is 11.3 Å². The number of nitrogens with zero attached hydrogens (tertiary/aromatic N) is 2. The van der Waals surface area contributed by atoms with Crippen LogP contribution in [0, 0.1) is 5.82 Å². The van der Waals surface area contributed by atoms with Crippen molar-refractivity contribution in [3.05, 3.63) is 42.1 Å². The maximum Gasteiger partial charge on any atom is 0.375 e. The van der Waals surface area contributed by atoms with Crippen molar-refractivity contribution in [2.24, 2.45) is 0 Å². The van der Waals surface area contributed by atoms with Crippen LogP contribution in [0.1, 0.15) is 24.7 Å². The molecule has 0 bridgehead atoms. The van der Waals surface area contributed by atoms with Gasteiger partial charge in [-0.15, -0.1) is 0 Å². The molecular weight excluding hydrogens is 300 g/mol. The summed E-state index contributed by atoms with van der Waals surface area (Å²) in [7, 11) is -4.74. The normalized spacial score (nSPS) is 20.0. The van der Waals surface area contributed by atoms with Crippen molar-refractivity contribution in [3.63, 3.8) is 0 Å². The summed E-state index contributed by atoms with van der Waals surface area (Å²) in [6, 6.07) is 5.21. The molecule has 0 saturated carbocycles. The lowest BCUT2D eigenvalue weighted by atomic mass is 10.2. The number of aromatic amines is 1. The predicted molar refractivity (Wildman–Crippen MR) is 72.7 cm³/mol. The molecule has 1 aliphatic heterocycles. The van der Waals surface area contributed by atoms with Crippen molar-refractivity contribution in [1.82, 2.24) is 14.3 Å². The Morgan fingerprint density at radius 1 is 1.29 bits per heavy atom. The molecule has 1 atom stereocenters. The van der Waals surface area contributed by atoms with Gasteiger partial charge in [-0.1, -0.05) is 3.89 Å². The van der Waals surface area contributed by atoms with Crippen molar-refractivity contribution in [2.45, 2.75) is 18.9 Å². The van der Waals surface area contributed by atoms with Gasteiger partial charge < -0.3 is 4.98 Å². The van der Waals surface area contributed by atoms with E-state index in [2.05, 4.69) is 9.97 Å². The molecule has 1 N–H and O–H groups in total. The molecular formula is C13H13F2N3O2S. The van der Waals surface area contributed by atoms with Crippen LogP contribution in [0.15, 0.2) is 30.5 Å². The molecule has 21 heavy (non-hydrogen) atoms. The fourth-order valence-corrected chi connectivity index (χ4v) is 3.41. The van der Waals surface area contributed by atoms with Gasteiger partial charge in [-0.2, -0.15) is 12.7 Å². The molecule has 0 aliphatic carbocycles. The molecule has 1 unspecified atom stereocenters. The van der Waals surface area contributed by atoms with E-state index in [-0.39, 0.29) is 12.4 Å². The third-order valence-electron chi connectivity index (χ3n) is 3.55. The highest BCUT2D eigenvalue weighted by atomic mass is 32.3. The first kappa shape index (κ1) is 14.2. The largest absolute Gasteiger partial charge is 0.375 e. The average Bonchev–Trinajstić information content (AvgIpc) is 3.07. The van der Waals surface area contributed by atoms with E-state index in [1.165, 1.54) is 18.3 Å². The smallest absolute Gasteiger partial charge is 0.341 e. The Balaban J connectivity index is 1.90. The highest BCUT2D eigenvalue weighted by Crippen LogP contribution is 2.34.